The highest BCUT2D eigenvalue weighted by molar-refractivity contribution is 7.80. The summed E-state index contributed by atoms with van der Waals surface area (Å²) in [5.74, 6) is 0.683. The largest absolute Gasteiger partial charge is 0.388 e. The molecule has 1 aliphatic rings. The third kappa shape index (κ3) is 2.89. The SMILES string of the molecule is Cc1cc(C(N)=S)nc(N2CCOC(C)C2)n1. The maximum Gasteiger partial charge on any atom is 0.226 e. The van der Waals surface area contributed by atoms with Gasteiger partial charge in [0, 0.05) is 18.8 Å². The molecule has 17 heavy (non-hydrogen) atoms. The third-order valence-corrected chi connectivity index (χ3v) is 2.83. The van der Waals surface area contributed by atoms with E-state index in [1.54, 1.807) is 6.07 Å². The van der Waals surface area contributed by atoms with Crippen LogP contribution < -0.4 is 10.6 Å². The molecule has 5 nitrogen and oxygen atoms in total. The molecule has 1 aromatic rings. The van der Waals surface area contributed by atoms with Crippen LogP contribution in [0.3, 0.4) is 0 Å². The Morgan fingerprint density at radius 3 is 3.00 bits per heavy atom. The molecule has 1 aromatic heterocycles. The summed E-state index contributed by atoms with van der Waals surface area (Å²) in [4.78, 5) is 11.2. The van der Waals surface area contributed by atoms with E-state index >= 15 is 0 Å². The normalized spacial score (nSPS) is 20.4. The van der Waals surface area contributed by atoms with E-state index in [2.05, 4.69) is 14.9 Å². The van der Waals surface area contributed by atoms with Crippen LogP contribution in [-0.4, -0.2) is 40.8 Å². The predicted molar refractivity (Wildman–Crippen MR) is 70.3 cm³/mol. The molecule has 1 unspecified atom stereocenters. The van der Waals surface area contributed by atoms with E-state index in [-0.39, 0.29) is 6.10 Å². The molecular formula is C11H16N4OS. The van der Waals surface area contributed by atoms with Gasteiger partial charge in [-0.3, -0.25) is 0 Å². The highest BCUT2D eigenvalue weighted by Crippen LogP contribution is 2.14. The maximum atomic E-state index is 5.61. The minimum absolute atomic E-state index is 0.196. The van der Waals surface area contributed by atoms with Crippen molar-refractivity contribution in [3.8, 4) is 0 Å². The first kappa shape index (κ1) is 12.2. The lowest BCUT2D eigenvalue weighted by Gasteiger charge is -2.31. The number of aryl methyl sites for hydroxylation is 1. The molecule has 1 aliphatic heterocycles. The van der Waals surface area contributed by atoms with Gasteiger partial charge in [-0.15, -0.1) is 0 Å². The van der Waals surface area contributed by atoms with Crippen LogP contribution in [0.1, 0.15) is 18.3 Å². The summed E-state index contributed by atoms with van der Waals surface area (Å²) < 4.78 is 5.49. The summed E-state index contributed by atoms with van der Waals surface area (Å²) in [6, 6.07) is 1.80. The van der Waals surface area contributed by atoms with Gasteiger partial charge in [-0.1, -0.05) is 12.2 Å². The van der Waals surface area contributed by atoms with Crippen molar-refractivity contribution in [3.05, 3.63) is 17.5 Å². The Bertz CT molecular complexity index is 437. The van der Waals surface area contributed by atoms with Crippen LogP contribution in [-0.2, 0) is 4.74 Å². The number of rotatable bonds is 2. The second-order valence-electron chi connectivity index (χ2n) is 4.19. The van der Waals surface area contributed by atoms with Crippen LogP contribution in [0, 0.1) is 6.92 Å². The van der Waals surface area contributed by atoms with Crippen molar-refractivity contribution in [2.24, 2.45) is 5.73 Å². The molecule has 0 amide bonds. The lowest BCUT2D eigenvalue weighted by molar-refractivity contribution is 0.0526. The molecule has 2 rings (SSSR count). The summed E-state index contributed by atoms with van der Waals surface area (Å²) in [7, 11) is 0. The van der Waals surface area contributed by atoms with Crippen LogP contribution in [0.25, 0.3) is 0 Å². The Morgan fingerprint density at radius 1 is 1.59 bits per heavy atom. The highest BCUT2D eigenvalue weighted by atomic mass is 32.1. The molecule has 2 N–H and O–H groups in total. The van der Waals surface area contributed by atoms with E-state index in [1.165, 1.54) is 0 Å². The zero-order valence-electron chi connectivity index (χ0n) is 10.0. The van der Waals surface area contributed by atoms with E-state index in [1.807, 2.05) is 13.8 Å². The van der Waals surface area contributed by atoms with Crippen molar-refractivity contribution in [2.45, 2.75) is 20.0 Å². The van der Waals surface area contributed by atoms with Gasteiger partial charge < -0.3 is 15.4 Å². The monoisotopic (exact) mass is 252 g/mol. The standard InChI is InChI=1S/C11H16N4OS/c1-7-5-9(10(12)17)14-11(13-7)15-3-4-16-8(2)6-15/h5,8H,3-4,6H2,1-2H3,(H2,12,17). The van der Waals surface area contributed by atoms with Gasteiger partial charge in [-0.05, 0) is 19.9 Å². The molecule has 0 radical (unpaired) electrons. The molecule has 0 spiro atoms. The highest BCUT2D eigenvalue weighted by Gasteiger charge is 2.19. The molecule has 0 saturated carbocycles. The number of aromatic nitrogens is 2. The van der Waals surface area contributed by atoms with E-state index in [0.29, 0.717) is 23.2 Å². The smallest absolute Gasteiger partial charge is 0.226 e. The Labute approximate surface area is 106 Å². The van der Waals surface area contributed by atoms with Crippen LogP contribution in [0.15, 0.2) is 6.07 Å². The van der Waals surface area contributed by atoms with E-state index in [0.717, 1.165) is 18.8 Å². The lowest BCUT2D eigenvalue weighted by atomic mass is 10.3. The lowest BCUT2D eigenvalue weighted by Crippen LogP contribution is -2.42. The van der Waals surface area contributed by atoms with E-state index in [9.17, 15) is 0 Å². The number of nitrogens with zero attached hydrogens (tertiary/aromatic N) is 3. The first-order valence-corrected chi connectivity index (χ1v) is 5.99. The summed E-state index contributed by atoms with van der Waals surface area (Å²) in [5.41, 5.74) is 7.11. The summed E-state index contributed by atoms with van der Waals surface area (Å²) >= 11 is 4.95. The Kier molecular flexibility index (Phi) is 3.54. The molecule has 6 heteroatoms. The molecular weight excluding hydrogens is 236 g/mol. The average Bonchev–Trinajstić information content (AvgIpc) is 2.28. The number of anilines is 1. The molecule has 0 bridgehead atoms. The van der Waals surface area contributed by atoms with Gasteiger partial charge in [-0.25, -0.2) is 9.97 Å². The second-order valence-corrected chi connectivity index (χ2v) is 4.63. The molecule has 1 fully saturated rings. The molecule has 2 heterocycles. The predicted octanol–water partition coefficient (Wildman–Crippen LogP) is 0.644. The van der Waals surface area contributed by atoms with Gasteiger partial charge in [0.25, 0.3) is 0 Å². The summed E-state index contributed by atoms with van der Waals surface area (Å²) in [6.45, 7) is 6.24. The zero-order chi connectivity index (χ0) is 12.4. The zero-order valence-corrected chi connectivity index (χ0v) is 10.8. The minimum Gasteiger partial charge on any atom is -0.388 e. The summed E-state index contributed by atoms with van der Waals surface area (Å²) in [6.07, 6.45) is 0.196. The van der Waals surface area contributed by atoms with Crippen molar-refractivity contribution >= 4 is 23.2 Å². The van der Waals surface area contributed by atoms with Gasteiger partial charge in [0.05, 0.1) is 12.7 Å². The van der Waals surface area contributed by atoms with Crippen molar-refractivity contribution in [3.63, 3.8) is 0 Å². The van der Waals surface area contributed by atoms with Crippen molar-refractivity contribution < 1.29 is 4.74 Å². The first-order valence-electron chi connectivity index (χ1n) is 5.58. The number of nitrogens with two attached hydrogens (primary N) is 1. The van der Waals surface area contributed by atoms with Crippen molar-refractivity contribution in [1.82, 2.24) is 9.97 Å². The van der Waals surface area contributed by atoms with E-state index in [4.69, 9.17) is 22.7 Å². The Morgan fingerprint density at radius 2 is 2.35 bits per heavy atom. The molecule has 1 atom stereocenters. The number of thiocarbonyl (C=S) groups is 1. The quantitative estimate of drug-likeness (QED) is 0.779. The van der Waals surface area contributed by atoms with Crippen LogP contribution in [0.4, 0.5) is 5.95 Å². The fourth-order valence-corrected chi connectivity index (χ4v) is 1.93. The Hall–Kier alpha value is -1.27. The maximum absolute atomic E-state index is 5.61. The summed E-state index contributed by atoms with van der Waals surface area (Å²) in [5, 5.41) is 0. The fourth-order valence-electron chi connectivity index (χ4n) is 1.82. The van der Waals surface area contributed by atoms with Crippen molar-refractivity contribution in [1.29, 1.82) is 0 Å². The Balaban J connectivity index is 2.28. The average molecular weight is 252 g/mol. The number of morpholine rings is 1. The van der Waals surface area contributed by atoms with Gasteiger partial charge in [0.2, 0.25) is 5.95 Å². The molecule has 92 valence electrons. The molecule has 0 aliphatic carbocycles. The van der Waals surface area contributed by atoms with Gasteiger partial charge >= 0.3 is 0 Å². The van der Waals surface area contributed by atoms with Gasteiger partial charge in [-0.2, -0.15) is 0 Å². The van der Waals surface area contributed by atoms with Gasteiger partial charge in [0.1, 0.15) is 10.7 Å². The number of hydrogen-bond donors (Lipinski definition) is 1. The van der Waals surface area contributed by atoms with Crippen LogP contribution >= 0.6 is 12.2 Å². The number of hydrogen-bond acceptors (Lipinski definition) is 5. The fraction of sp³-hybridized carbons (Fsp3) is 0.545. The molecule has 0 aromatic carbocycles. The minimum atomic E-state index is 0.196. The topological polar surface area (TPSA) is 64.3 Å². The van der Waals surface area contributed by atoms with Gasteiger partial charge in [0.15, 0.2) is 0 Å². The van der Waals surface area contributed by atoms with Crippen LogP contribution in [0.5, 0.6) is 0 Å². The van der Waals surface area contributed by atoms with E-state index < -0.39 is 0 Å². The van der Waals surface area contributed by atoms with Crippen LogP contribution in [0.2, 0.25) is 0 Å². The van der Waals surface area contributed by atoms with Crippen molar-refractivity contribution in [2.75, 3.05) is 24.6 Å². The third-order valence-electron chi connectivity index (χ3n) is 2.62. The molecule has 1 saturated heterocycles. The first-order chi connectivity index (χ1) is 8.06. The number of ether oxygens (including phenoxy) is 1. The second kappa shape index (κ2) is 4.93.